The van der Waals surface area contributed by atoms with Gasteiger partial charge in [-0.1, -0.05) is 43.7 Å². The second-order valence-electron chi connectivity index (χ2n) is 6.34. The lowest BCUT2D eigenvalue weighted by Crippen LogP contribution is -2.29. The Morgan fingerprint density at radius 2 is 2.00 bits per heavy atom. The number of thiazole rings is 1. The van der Waals surface area contributed by atoms with E-state index >= 15 is 0 Å². The first kappa shape index (κ1) is 17.1. The summed E-state index contributed by atoms with van der Waals surface area (Å²) in [6, 6.07) is 9.95. The van der Waals surface area contributed by atoms with E-state index in [0.717, 1.165) is 37.3 Å². The molecule has 0 radical (unpaired) electrons. The zero-order chi connectivity index (χ0) is 16.8. The predicted molar refractivity (Wildman–Crippen MR) is 99.3 cm³/mol. The fourth-order valence-electron chi connectivity index (χ4n) is 3.23. The Hall–Kier alpha value is -1.72. The van der Waals surface area contributed by atoms with Crippen LogP contribution in [-0.4, -0.2) is 28.9 Å². The number of benzene rings is 1. The molecule has 1 N–H and O–H groups in total. The topological polar surface area (TPSA) is 45.2 Å². The van der Waals surface area contributed by atoms with Crippen molar-refractivity contribution in [2.24, 2.45) is 0 Å². The molecule has 0 bridgehead atoms. The van der Waals surface area contributed by atoms with Gasteiger partial charge in [-0.25, -0.2) is 4.98 Å². The highest BCUT2D eigenvalue weighted by Crippen LogP contribution is 2.24. The van der Waals surface area contributed by atoms with Crippen LogP contribution in [-0.2, 0) is 11.3 Å². The summed E-state index contributed by atoms with van der Waals surface area (Å²) in [5.41, 5.74) is 2.12. The van der Waals surface area contributed by atoms with Crippen molar-refractivity contribution in [3.63, 3.8) is 0 Å². The monoisotopic (exact) mass is 343 g/mol. The van der Waals surface area contributed by atoms with Crippen LogP contribution in [0.25, 0.3) is 0 Å². The molecule has 0 unspecified atom stereocenters. The van der Waals surface area contributed by atoms with Crippen LogP contribution < -0.4 is 5.32 Å². The molecule has 1 amide bonds. The summed E-state index contributed by atoms with van der Waals surface area (Å²) in [6.07, 6.45) is 4.68. The van der Waals surface area contributed by atoms with Crippen molar-refractivity contribution in [3.8, 4) is 0 Å². The van der Waals surface area contributed by atoms with E-state index in [9.17, 15) is 4.79 Å². The van der Waals surface area contributed by atoms with E-state index in [0.29, 0.717) is 5.13 Å². The van der Waals surface area contributed by atoms with Gasteiger partial charge in [0.25, 0.3) is 0 Å². The van der Waals surface area contributed by atoms with Crippen LogP contribution in [0.5, 0.6) is 0 Å². The molecule has 1 saturated heterocycles. The number of likely N-dealkylation sites (tertiary alicyclic amines) is 1. The number of hydrogen-bond acceptors (Lipinski definition) is 4. The maximum atomic E-state index is 12.6. The van der Waals surface area contributed by atoms with E-state index in [1.54, 1.807) is 0 Å². The normalized spacial score (nSPS) is 16.7. The highest BCUT2D eigenvalue weighted by atomic mass is 32.1. The van der Waals surface area contributed by atoms with Crippen LogP contribution in [0.3, 0.4) is 0 Å². The van der Waals surface area contributed by atoms with Crippen molar-refractivity contribution in [1.82, 2.24) is 9.88 Å². The molecule has 5 heteroatoms. The number of rotatable bonds is 6. The SMILES string of the molecule is CC[C@H](C(=O)Nc1nc(CN2CCCCC2)cs1)c1ccccc1. The summed E-state index contributed by atoms with van der Waals surface area (Å²) in [5.74, 6) is -0.0942. The van der Waals surface area contributed by atoms with Crippen molar-refractivity contribution in [2.75, 3.05) is 18.4 Å². The van der Waals surface area contributed by atoms with Crippen molar-refractivity contribution in [3.05, 3.63) is 47.0 Å². The van der Waals surface area contributed by atoms with Crippen LogP contribution in [0.4, 0.5) is 5.13 Å². The molecule has 1 fully saturated rings. The first-order valence-corrected chi connectivity index (χ1v) is 9.67. The highest BCUT2D eigenvalue weighted by Gasteiger charge is 2.20. The summed E-state index contributed by atoms with van der Waals surface area (Å²) in [6.45, 7) is 5.25. The Bertz CT molecular complexity index is 650. The first-order valence-electron chi connectivity index (χ1n) is 8.79. The van der Waals surface area contributed by atoms with Gasteiger partial charge >= 0.3 is 0 Å². The molecule has 128 valence electrons. The van der Waals surface area contributed by atoms with Gasteiger partial charge in [0.1, 0.15) is 0 Å². The number of nitrogens with one attached hydrogen (secondary N) is 1. The number of carbonyl (C=O) groups is 1. The maximum Gasteiger partial charge on any atom is 0.233 e. The molecule has 1 aromatic carbocycles. The number of aromatic nitrogens is 1. The third kappa shape index (κ3) is 4.42. The summed E-state index contributed by atoms with van der Waals surface area (Å²) in [7, 11) is 0. The van der Waals surface area contributed by atoms with Crippen molar-refractivity contribution in [2.45, 2.75) is 45.1 Å². The highest BCUT2D eigenvalue weighted by molar-refractivity contribution is 7.13. The molecule has 1 aromatic heterocycles. The minimum absolute atomic E-state index is 0.0302. The zero-order valence-corrected chi connectivity index (χ0v) is 15.0. The quantitative estimate of drug-likeness (QED) is 0.852. The van der Waals surface area contributed by atoms with Gasteiger partial charge in [0.15, 0.2) is 5.13 Å². The van der Waals surface area contributed by atoms with Gasteiger partial charge in [-0.05, 0) is 37.9 Å². The van der Waals surface area contributed by atoms with Crippen molar-refractivity contribution >= 4 is 22.4 Å². The number of piperidine rings is 1. The molecule has 1 aliphatic rings. The minimum Gasteiger partial charge on any atom is -0.301 e. The Labute approximate surface area is 147 Å². The van der Waals surface area contributed by atoms with Crippen LogP contribution >= 0.6 is 11.3 Å². The molecular formula is C19H25N3OS. The first-order chi connectivity index (χ1) is 11.8. The molecule has 1 aliphatic heterocycles. The molecule has 4 nitrogen and oxygen atoms in total. The average molecular weight is 343 g/mol. The second kappa shape index (κ2) is 8.40. The largest absolute Gasteiger partial charge is 0.301 e. The van der Waals surface area contributed by atoms with Gasteiger partial charge in [-0.2, -0.15) is 0 Å². The third-order valence-corrected chi connectivity index (χ3v) is 5.35. The van der Waals surface area contributed by atoms with Crippen LogP contribution in [0, 0.1) is 0 Å². The maximum absolute atomic E-state index is 12.6. The fraction of sp³-hybridized carbons (Fsp3) is 0.474. The molecule has 0 spiro atoms. The third-order valence-electron chi connectivity index (χ3n) is 4.54. The molecule has 3 rings (SSSR count). The Kier molecular flexibility index (Phi) is 5.99. The van der Waals surface area contributed by atoms with E-state index in [-0.39, 0.29) is 11.8 Å². The van der Waals surface area contributed by atoms with Gasteiger partial charge in [0, 0.05) is 11.9 Å². The fourth-order valence-corrected chi connectivity index (χ4v) is 3.94. The van der Waals surface area contributed by atoms with Crippen molar-refractivity contribution < 1.29 is 4.79 Å². The lowest BCUT2D eigenvalue weighted by Gasteiger charge is -2.25. The van der Waals surface area contributed by atoms with Crippen molar-refractivity contribution in [1.29, 1.82) is 0 Å². The second-order valence-corrected chi connectivity index (χ2v) is 7.20. The molecule has 0 saturated carbocycles. The summed E-state index contributed by atoms with van der Waals surface area (Å²) < 4.78 is 0. The summed E-state index contributed by atoms with van der Waals surface area (Å²) >= 11 is 1.52. The van der Waals surface area contributed by atoms with Crippen LogP contribution in [0.15, 0.2) is 35.7 Å². The van der Waals surface area contributed by atoms with E-state index in [2.05, 4.69) is 20.6 Å². The van der Waals surface area contributed by atoms with Gasteiger partial charge in [0.05, 0.1) is 11.6 Å². The summed E-state index contributed by atoms with van der Waals surface area (Å²) in [5, 5.41) is 5.77. The lowest BCUT2D eigenvalue weighted by molar-refractivity contribution is -0.117. The minimum atomic E-state index is -0.124. The predicted octanol–water partition coefficient (Wildman–Crippen LogP) is 4.26. The van der Waals surface area contributed by atoms with Crippen LogP contribution in [0.2, 0.25) is 0 Å². The van der Waals surface area contributed by atoms with E-state index < -0.39 is 0 Å². The van der Waals surface area contributed by atoms with Crippen LogP contribution in [0.1, 0.15) is 49.8 Å². The Morgan fingerprint density at radius 1 is 1.25 bits per heavy atom. The zero-order valence-electron chi connectivity index (χ0n) is 14.2. The van der Waals surface area contributed by atoms with Gasteiger partial charge in [-0.3, -0.25) is 9.69 Å². The van der Waals surface area contributed by atoms with E-state index in [1.165, 1.54) is 30.6 Å². The van der Waals surface area contributed by atoms with Gasteiger partial charge in [-0.15, -0.1) is 11.3 Å². The smallest absolute Gasteiger partial charge is 0.233 e. The number of amides is 1. The van der Waals surface area contributed by atoms with Gasteiger partial charge < -0.3 is 5.32 Å². The number of hydrogen-bond donors (Lipinski definition) is 1. The standard InChI is InChI=1S/C19H25N3OS/c1-2-17(15-9-5-3-6-10-15)18(23)21-19-20-16(14-24-19)13-22-11-7-4-8-12-22/h3,5-6,9-10,14,17H,2,4,7-8,11-13H2,1H3,(H,20,21,23)/t17-/m0/s1. The number of carbonyl (C=O) groups excluding carboxylic acids is 1. The number of nitrogens with zero attached hydrogens (tertiary/aromatic N) is 2. The average Bonchev–Trinajstić information content (AvgIpc) is 3.04. The lowest BCUT2D eigenvalue weighted by atomic mass is 9.96. The Balaban J connectivity index is 1.60. The summed E-state index contributed by atoms with van der Waals surface area (Å²) in [4.78, 5) is 19.6. The van der Waals surface area contributed by atoms with Gasteiger partial charge in [0.2, 0.25) is 5.91 Å². The molecule has 2 aromatic rings. The number of anilines is 1. The Morgan fingerprint density at radius 3 is 2.71 bits per heavy atom. The van der Waals surface area contributed by atoms with E-state index in [4.69, 9.17) is 0 Å². The molecular weight excluding hydrogens is 318 g/mol. The molecule has 24 heavy (non-hydrogen) atoms. The van der Waals surface area contributed by atoms with E-state index in [1.807, 2.05) is 37.3 Å². The molecule has 1 atom stereocenters. The molecule has 0 aliphatic carbocycles. The molecule has 2 heterocycles.